The van der Waals surface area contributed by atoms with E-state index in [1.807, 2.05) is 0 Å². The minimum Gasteiger partial charge on any atom is -0.0976 e. The molecule has 0 nitrogen and oxygen atoms in total. The summed E-state index contributed by atoms with van der Waals surface area (Å²) in [5.74, 6) is 7.22. The molecule has 0 atom stereocenters. The Morgan fingerprint density at radius 3 is 2.76 bits per heavy atom. The fourth-order valence-electron chi connectivity index (χ4n) is 2.44. The summed E-state index contributed by atoms with van der Waals surface area (Å²) in [6, 6.07) is 6.74. The lowest BCUT2D eigenvalue weighted by atomic mass is 9.86. The van der Waals surface area contributed by atoms with Gasteiger partial charge in [-0.25, -0.2) is 0 Å². The highest BCUT2D eigenvalue weighted by atomic mass is 14.3. The van der Waals surface area contributed by atoms with Crippen LogP contribution in [0.15, 0.2) is 18.2 Å². The van der Waals surface area contributed by atoms with Gasteiger partial charge in [0.2, 0.25) is 0 Å². The molecular formula is C17H22. The molecule has 0 saturated heterocycles. The van der Waals surface area contributed by atoms with Crippen LogP contribution < -0.4 is 0 Å². The topological polar surface area (TPSA) is 0 Å². The van der Waals surface area contributed by atoms with E-state index in [1.165, 1.54) is 29.5 Å². The second-order valence-corrected chi connectivity index (χ2v) is 6.16. The van der Waals surface area contributed by atoms with E-state index in [0.717, 1.165) is 6.42 Å². The van der Waals surface area contributed by atoms with Gasteiger partial charge in [-0.15, -0.1) is 0 Å². The van der Waals surface area contributed by atoms with Crippen LogP contribution in [-0.2, 0) is 11.8 Å². The lowest BCUT2D eigenvalue weighted by Gasteiger charge is -2.18. The third-order valence-electron chi connectivity index (χ3n) is 3.60. The van der Waals surface area contributed by atoms with E-state index in [1.54, 1.807) is 0 Å². The number of benzene rings is 1. The quantitative estimate of drug-likeness (QED) is 0.626. The normalized spacial score (nSPS) is 16.5. The Kier molecular flexibility index (Phi) is 3.29. The van der Waals surface area contributed by atoms with Gasteiger partial charge < -0.3 is 0 Å². The molecule has 1 aromatic carbocycles. The van der Waals surface area contributed by atoms with Gasteiger partial charge in [0.15, 0.2) is 0 Å². The van der Waals surface area contributed by atoms with Gasteiger partial charge in [-0.3, -0.25) is 0 Å². The molecule has 0 bridgehead atoms. The Labute approximate surface area is 105 Å². The summed E-state index contributed by atoms with van der Waals surface area (Å²) in [7, 11) is 0. The molecule has 0 spiro atoms. The predicted molar refractivity (Wildman–Crippen MR) is 74.1 cm³/mol. The van der Waals surface area contributed by atoms with Crippen molar-refractivity contribution in [2.24, 2.45) is 5.92 Å². The lowest BCUT2D eigenvalue weighted by Crippen LogP contribution is -2.11. The highest BCUT2D eigenvalue weighted by Gasteiger charge is 2.29. The molecule has 1 aromatic rings. The average molecular weight is 226 g/mol. The summed E-state index contributed by atoms with van der Waals surface area (Å²) in [6.07, 6.45) is 3.48. The van der Waals surface area contributed by atoms with Gasteiger partial charge in [-0.2, -0.15) is 0 Å². The van der Waals surface area contributed by atoms with Gasteiger partial charge in [0.25, 0.3) is 0 Å². The summed E-state index contributed by atoms with van der Waals surface area (Å²) in [5, 5.41) is 0. The first-order valence-corrected chi connectivity index (χ1v) is 6.61. The molecule has 1 aliphatic rings. The highest BCUT2D eigenvalue weighted by molar-refractivity contribution is 5.46. The van der Waals surface area contributed by atoms with Gasteiger partial charge in [-0.05, 0) is 47.4 Å². The van der Waals surface area contributed by atoms with E-state index in [2.05, 4.69) is 57.7 Å². The molecular weight excluding hydrogens is 204 g/mol. The third kappa shape index (κ3) is 2.72. The fourth-order valence-corrected chi connectivity index (χ4v) is 2.44. The second kappa shape index (κ2) is 4.57. The number of rotatable bonds is 1. The summed E-state index contributed by atoms with van der Waals surface area (Å²) in [4.78, 5) is 0. The molecule has 0 aromatic heterocycles. The van der Waals surface area contributed by atoms with Gasteiger partial charge in [0, 0.05) is 12.0 Å². The minimum absolute atomic E-state index is 0.338. The number of hydrogen-bond acceptors (Lipinski definition) is 0. The van der Waals surface area contributed by atoms with Gasteiger partial charge in [0.1, 0.15) is 0 Å². The maximum absolute atomic E-state index is 3.29. The molecule has 0 fully saturated rings. The largest absolute Gasteiger partial charge is 0.0976 e. The average Bonchev–Trinajstić information content (AvgIpc) is 2.55. The summed E-state index contributed by atoms with van der Waals surface area (Å²) < 4.78 is 0. The SMILES string of the molecule is CC(C)CC#Cc1ccc2c(c1)C(C)(C)CC2. The number of aryl methyl sites for hydroxylation is 1. The van der Waals surface area contributed by atoms with E-state index in [0.29, 0.717) is 11.3 Å². The molecule has 17 heavy (non-hydrogen) atoms. The standard InChI is InChI=1S/C17H22/c1-13(2)6-5-7-14-8-9-15-10-11-17(3,4)16(15)12-14/h8-9,12-13H,6,10-11H2,1-4H3. The summed E-state index contributed by atoms with van der Waals surface area (Å²) in [5.41, 5.74) is 4.54. The molecule has 90 valence electrons. The van der Waals surface area contributed by atoms with Crippen LogP contribution in [0, 0.1) is 17.8 Å². The van der Waals surface area contributed by atoms with Crippen molar-refractivity contribution in [2.45, 2.75) is 52.4 Å². The lowest BCUT2D eigenvalue weighted by molar-refractivity contribution is 0.522. The van der Waals surface area contributed by atoms with Gasteiger partial charge in [0.05, 0.1) is 0 Å². The van der Waals surface area contributed by atoms with Crippen molar-refractivity contribution in [3.63, 3.8) is 0 Å². The molecule has 0 aliphatic heterocycles. The molecule has 2 rings (SSSR count). The summed E-state index contributed by atoms with van der Waals surface area (Å²) >= 11 is 0. The zero-order valence-corrected chi connectivity index (χ0v) is 11.4. The maximum atomic E-state index is 3.29. The molecule has 0 saturated carbocycles. The van der Waals surface area contributed by atoms with Crippen LogP contribution in [-0.4, -0.2) is 0 Å². The Morgan fingerprint density at radius 2 is 2.06 bits per heavy atom. The Bertz CT molecular complexity index is 467. The number of hydrogen-bond donors (Lipinski definition) is 0. The zero-order chi connectivity index (χ0) is 12.5. The Balaban J connectivity index is 2.24. The molecule has 0 amide bonds. The van der Waals surface area contributed by atoms with Crippen molar-refractivity contribution in [1.82, 2.24) is 0 Å². The van der Waals surface area contributed by atoms with Crippen molar-refractivity contribution >= 4 is 0 Å². The molecule has 0 radical (unpaired) electrons. The van der Waals surface area contributed by atoms with Crippen LogP contribution in [0.1, 0.15) is 57.2 Å². The minimum atomic E-state index is 0.338. The fraction of sp³-hybridized carbons (Fsp3) is 0.529. The number of fused-ring (bicyclic) bond motifs is 1. The first-order valence-electron chi connectivity index (χ1n) is 6.61. The highest BCUT2D eigenvalue weighted by Crippen LogP contribution is 2.38. The molecule has 1 aliphatic carbocycles. The molecule has 0 unspecified atom stereocenters. The van der Waals surface area contributed by atoms with Crippen LogP contribution in [0.5, 0.6) is 0 Å². The van der Waals surface area contributed by atoms with E-state index in [-0.39, 0.29) is 0 Å². The predicted octanol–water partition coefficient (Wildman–Crippen LogP) is 4.31. The van der Waals surface area contributed by atoms with E-state index >= 15 is 0 Å². The van der Waals surface area contributed by atoms with E-state index < -0.39 is 0 Å². The van der Waals surface area contributed by atoms with Crippen LogP contribution in [0.4, 0.5) is 0 Å². The van der Waals surface area contributed by atoms with Crippen LogP contribution in [0.3, 0.4) is 0 Å². The third-order valence-corrected chi connectivity index (χ3v) is 3.60. The van der Waals surface area contributed by atoms with Crippen LogP contribution >= 0.6 is 0 Å². The van der Waals surface area contributed by atoms with Gasteiger partial charge in [-0.1, -0.05) is 45.6 Å². The van der Waals surface area contributed by atoms with Crippen molar-refractivity contribution in [3.05, 3.63) is 34.9 Å². The smallest absolute Gasteiger partial charge is 0.0248 e. The molecule has 0 heterocycles. The zero-order valence-electron chi connectivity index (χ0n) is 11.4. The first-order chi connectivity index (χ1) is 7.99. The van der Waals surface area contributed by atoms with Crippen LogP contribution in [0.25, 0.3) is 0 Å². The maximum Gasteiger partial charge on any atom is 0.0248 e. The van der Waals surface area contributed by atoms with E-state index in [9.17, 15) is 0 Å². The molecule has 0 heteroatoms. The van der Waals surface area contributed by atoms with Crippen molar-refractivity contribution in [3.8, 4) is 11.8 Å². The van der Waals surface area contributed by atoms with Crippen molar-refractivity contribution in [2.75, 3.05) is 0 Å². The Hall–Kier alpha value is -1.22. The Morgan fingerprint density at radius 1 is 1.29 bits per heavy atom. The van der Waals surface area contributed by atoms with Crippen molar-refractivity contribution in [1.29, 1.82) is 0 Å². The first kappa shape index (κ1) is 12.2. The van der Waals surface area contributed by atoms with Crippen molar-refractivity contribution < 1.29 is 0 Å². The van der Waals surface area contributed by atoms with Crippen LogP contribution in [0.2, 0.25) is 0 Å². The summed E-state index contributed by atoms with van der Waals surface area (Å²) in [6.45, 7) is 9.09. The second-order valence-electron chi connectivity index (χ2n) is 6.16. The van der Waals surface area contributed by atoms with Gasteiger partial charge >= 0.3 is 0 Å². The molecule has 0 N–H and O–H groups in total. The monoisotopic (exact) mass is 226 g/mol. The van der Waals surface area contributed by atoms with E-state index in [4.69, 9.17) is 0 Å².